The number of carbonyl (C=O) groups excluding carboxylic acids is 1. The third kappa shape index (κ3) is 4.65. The molecule has 0 spiro atoms. The monoisotopic (exact) mass is 431 g/mol. The topological polar surface area (TPSA) is 56.0 Å². The third-order valence-electron chi connectivity index (χ3n) is 5.48. The summed E-state index contributed by atoms with van der Waals surface area (Å²) >= 11 is 0. The molecule has 164 valence electrons. The van der Waals surface area contributed by atoms with Gasteiger partial charge in [0.15, 0.2) is 0 Å². The van der Waals surface area contributed by atoms with Crippen molar-refractivity contribution in [2.45, 2.75) is 51.5 Å². The minimum atomic E-state index is -4.36. The van der Waals surface area contributed by atoms with Crippen LogP contribution >= 0.6 is 0 Å². The molecule has 0 aliphatic carbocycles. The molecular weight excluding hydrogens is 407 g/mol. The molecular formula is C22H24F3N5O. The SMILES string of the molecule is CN(Cc1nccn1CC(F)(F)F)C(=O)c1nc(-c2ccccc2)n2c1CCCCC2. The van der Waals surface area contributed by atoms with Crippen LogP contribution in [0.2, 0.25) is 0 Å². The van der Waals surface area contributed by atoms with E-state index in [2.05, 4.69) is 9.55 Å². The quantitative estimate of drug-likeness (QED) is 0.605. The van der Waals surface area contributed by atoms with Gasteiger partial charge in [0.2, 0.25) is 0 Å². The van der Waals surface area contributed by atoms with Crippen molar-refractivity contribution in [3.8, 4) is 11.4 Å². The van der Waals surface area contributed by atoms with E-state index in [1.807, 2.05) is 30.3 Å². The molecule has 31 heavy (non-hydrogen) atoms. The second-order valence-electron chi connectivity index (χ2n) is 7.81. The second kappa shape index (κ2) is 8.56. The molecule has 3 heterocycles. The van der Waals surface area contributed by atoms with E-state index in [9.17, 15) is 18.0 Å². The fourth-order valence-corrected chi connectivity index (χ4v) is 3.99. The number of imidazole rings is 2. The number of nitrogens with zero attached hydrogens (tertiary/aromatic N) is 5. The van der Waals surface area contributed by atoms with Gasteiger partial charge in [-0.15, -0.1) is 0 Å². The van der Waals surface area contributed by atoms with E-state index in [1.54, 1.807) is 7.05 Å². The van der Waals surface area contributed by atoms with Gasteiger partial charge in [-0.25, -0.2) is 9.97 Å². The molecule has 0 saturated carbocycles. The van der Waals surface area contributed by atoms with Crippen LogP contribution in [0.25, 0.3) is 11.4 Å². The minimum absolute atomic E-state index is 0.0329. The zero-order valence-corrected chi connectivity index (χ0v) is 17.3. The van der Waals surface area contributed by atoms with E-state index in [1.165, 1.54) is 17.3 Å². The van der Waals surface area contributed by atoms with Crippen LogP contribution in [0.15, 0.2) is 42.7 Å². The van der Waals surface area contributed by atoms with Crippen molar-refractivity contribution in [1.82, 2.24) is 24.0 Å². The summed E-state index contributed by atoms with van der Waals surface area (Å²) in [5.41, 5.74) is 2.21. The lowest BCUT2D eigenvalue weighted by Crippen LogP contribution is -2.30. The summed E-state index contributed by atoms with van der Waals surface area (Å²) in [6, 6.07) is 9.72. The van der Waals surface area contributed by atoms with Crippen LogP contribution in [0.5, 0.6) is 0 Å². The van der Waals surface area contributed by atoms with Crippen molar-refractivity contribution in [1.29, 1.82) is 0 Å². The highest BCUT2D eigenvalue weighted by atomic mass is 19.4. The summed E-state index contributed by atoms with van der Waals surface area (Å²) in [4.78, 5) is 23.4. The van der Waals surface area contributed by atoms with Crippen LogP contribution in [0.1, 0.15) is 41.3 Å². The second-order valence-corrected chi connectivity index (χ2v) is 7.81. The van der Waals surface area contributed by atoms with E-state index in [0.29, 0.717) is 5.69 Å². The first-order valence-corrected chi connectivity index (χ1v) is 10.3. The van der Waals surface area contributed by atoms with Crippen molar-refractivity contribution < 1.29 is 18.0 Å². The summed E-state index contributed by atoms with van der Waals surface area (Å²) in [6.07, 6.45) is 2.05. The van der Waals surface area contributed by atoms with Crippen molar-refractivity contribution in [3.63, 3.8) is 0 Å². The van der Waals surface area contributed by atoms with Gasteiger partial charge in [-0.05, 0) is 19.3 Å². The highest BCUT2D eigenvalue weighted by Gasteiger charge is 2.30. The van der Waals surface area contributed by atoms with Crippen LogP contribution in [-0.4, -0.2) is 43.1 Å². The largest absolute Gasteiger partial charge is 0.406 e. The van der Waals surface area contributed by atoms with E-state index in [4.69, 9.17) is 4.98 Å². The lowest BCUT2D eigenvalue weighted by molar-refractivity contribution is -0.141. The summed E-state index contributed by atoms with van der Waals surface area (Å²) in [5.74, 6) is 0.629. The fourth-order valence-electron chi connectivity index (χ4n) is 3.99. The number of hydrogen-bond acceptors (Lipinski definition) is 3. The average molecular weight is 431 g/mol. The highest BCUT2D eigenvalue weighted by Crippen LogP contribution is 2.28. The minimum Gasteiger partial charge on any atom is -0.333 e. The first-order valence-electron chi connectivity index (χ1n) is 10.3. The zero-order valence-electron chi connectivity index (χ0n) is 17.3. The molecule has 0 unspecified atom stereocenters. The number of alkyl halides is 3. The first kappa shape index (κ1) is 21.1. The Hall–Kier alpha value is -3.10. The van der Waals surface area contributed by atoms with Crippen LogP contribution in [0, 0.1) is 0 Å². The Kier molecular flexibility index (Phi) is 5.84. The lowest BCUT2D eigenvalue weighted by Gasteiger charge is -2.18. The maximum atomic E-state index is 13.3. The standard InChI is InChI=1S/C22H24F3N5O/c1-28(14-18-26-11-13-29(18)15-22(23,24)25)21(31)19-17-10-6-3-7-12-30(17)20(27-19)16-8-4-2-5-9-16/h2,4-5,8-9,11,13H,3,6-7,10,12,14-15H2,1H3. The molecule has 3 aromatic rings. The molecule has 6 nitrogen and oxygen atoms in total. The molecule has 4 rings (SSSR count). The number of aromatic nitrogens is 4. The van der Waals surface area contributed by atoms with Crippen LogP contribution in [0.4, 0.5) is 13.2 Å². The van der Waals surface area contributed by atoms with Gasteiger partial charge in [0.05, 0.1) is 12.2 Å². The molecule has 9 heteroatoms. The van der Waals surface area contributed by atoms with Gasteiger partial charge in [0, 0.05) is 31.5 Å². The molecule has 1 aliphatic heterocycles. The Bertz CT molecular complexity index is 1060. The van der Waals surface area contributed by atoms with Gasteiger partial charge in [-0.1, -0.05) is 36.8 Å². The summed E-state index contributed by atoms with van der Waals surface area (Å²) in [6.45, 7) is -0.378. The van der Waals surface area contributed by atoms with Crippen molar-refractivity contribution in [2.75, 3.05) is 7.05 Å². The molecule has 0 atom stereocenters. The predicted octanol–water partition coefficient (Wildman–Crippen LogP) is 4.31. The first-order chi connectivity index (χ1) is 14.8. The Balaban J connectivity index is 1.63. The molecule has 0 N–H and O–H groups in total. The van der Waals surface area contributed by atoms with Crippen LogP contribution in [0.3, 0.4) is 0 Å². The molecule has 0 fully saturated rings. The van der Waals surface area contributed by atoms with Gasteiger partial charge >= 0.3 is 6.18 Å². The molecule has 0 saturated heterocycles. The van der Waals surface area contributed by atoms with E-state index in [-0.39, 0.29) is 18.3 Å². The van der Waals surface area contributed by atoms with E-state index >= 15 is 0 Å². The third-order valence-corrected chi connectivity index (χ3v) is 5.48. The average Bonchev–Trinajstić information content (AvgIpc) is 3.22. The number of benzene rings is 1. The lowest BCUT2D eigenvalue weighted by atomic mass is 10.1. The maximum absolute atomic E-state index is 13.3. The van der Waals surface area contributed by atoms with Gasteiger partial charge in [-0.3, -0.25) is 4.79 Å². The van der Waals surface area contributed by atoms with E-state index < -0.39 is 12.7 Å². The van der Waals surface area contributed by atoms with Crippen molar-refractivity contribution >= 4 is 5.91 Å². The van der Waals surface area contributed by atoms with Crippen molar-refractivity contribution in [2.24, 2.45) is 0 Å². The Morgan fingerprint density at radius 3 is 2.68 bits per heavy atom. The molecule has 0 bridgehead atoms. The van der Waals surface area contributed by atoms with Crippen molar-refractivity contribution in [3.05, 3.63) is 59.9 Å². The predicted molar refractivity (Wildman–Crippen MR) is 109 cm³/mol. The molecule has 1 amide bonds. The maximum Gasteiger partial charge on any atom is 0.406 e. The van der Waals surface area contributed by atoms with E-state index in [0.717, 1.165) is 53.9 Å². The number of amides is 1. The zero-order chi connectivity index (χ0) is 22.0. The van der Waals surface area contributed by atoms with Gasteiger partial charge in [0.1, 0.15) is 23.9 Å². The number of rotatable bonds is 5. The molecule has 1 aromatic carbocycles. The number of carbonyl (C=O) groups is 1. The highest BCUT2D eigenvalue weighted by molar-refractivity contribution is 5.94. The number of hydrogen-bond donors (Lipinski definition) is 0. The smallest absolute Gasteiger partial charge is 0.333 e. The normalized spacial score (nSPS) is 14.2. The molecule has 1 aliphatic rings. The van der Waals surface area contributed by atoms with Crippen LogP contribution in [-0.2, 0) is 26.1 Å². The van der Waals surface area contributed by atoms with Gasteiger partial charge < -0.3 is 14.0 Å². The fraction of sp³-hybridized carbons (Fsp3) is 0.409. The summed E-state index contributed by atoms with van der Waals surface area (Å²) in [5, 5.41) is 0. The number of halogens is 3. The van der Waals surface area contributed by atoms with Crippen LogP contribution < -0.4 is 0 Å². The summed E-state index contributed by atoms with van der Waals surface area (Å²) < 4.78 is 41.6. The molecule has 2 aromatic heterocycles. The summed E-state index contributed by atoms with van der Waals surface area (Å²) in [7, 11) is 1.57. The van der Waals surface area contributed by atoms with Gasteiger partial charge in [-0.2, -0.15) is 13.2 Å². The van der Waals surface area contributed by atoms with Gasteiger partial charge in [0.25, 0.3) is 5.91 Å². The Morgan fingerprint density at radius 1 is 1.16 bits per heavy atom. The Labute approximate surface area is 178 Å². The number of fused-ring (bicyclic) bond motifs is 1. The Morgan fingerprint density at radius 2 is 1.94 bits per heavy atom. The molecule has 0 radical (unpaired) electrons.